The Morgan fingerprint density at radius 2 is 1.91 bits per heavy atom. The fraction of sp³-hybridized carbons (Fsp3) is 0.471. The summed E-state index contributed by atoms with van der Waals surface area (Å²) in [6.45, 7) is 8.48. The molecular formula is C17H21N5O. The molecule has 6 nitrogen and oxygen atoms in total. The predicted octanol–water partition coefficient (Wildman–Crippen LogP) is 2.34. The van der Waals surface area contributed by atoms with Crippen LogP contribution in [0, 0.1) is 20.8 Å². The Balaban J connectivity index is 2.02. The van der Waals surface area contributed by atoms with Crippen LogP contribution in [0.15, 0.2) is 18.6 Å². The van der Waals surface area contributed by atoms with Gasteiger partial charge in [0.05, 0.1) is 11.3 Å². The van der Waals surface area contributed by atoms with Crippen molar-refractivity contribution in [3.63, 3.8) is 0 Å². The van der Waals surface area contributed by atoms with Crippen LogP contribution in [0.4, 0.5) is 0 Å². The Bertz CT molecular complexity index is 740. The van der Waals surface area contributed by atoms with Crippen LogP contribution in [0.3, 0.4) is 0 Å². The zero-order valence-corrected chi connectivity index (χ0v) is 14.0. The molecule has 1 saturated heterocycles. The summed E-state index contributed by atoms with van der Waals surface area (Å²) in [5.74, 6) is 0.668. The number of aromatic nitrogens is 4. The monoisotopic (exact) mass is 311 g/mol. The van der Waals surface area contributed by atoms with Crippen LogP contribution in [0.2, 0.25) is 0 Å². The second-order valence-corrected chi connectivity index (χ2v) is 6.33. The first-order valence-electron chi connectivity index (χ1n) is 7.83. The number of nitrogens with zero attached hydrogens (tertiary/aromatic N) is 5. The summed E-state index contributed by atoms with van der Waals surface area (Å²) in [6, 6.07) is 1.95. The normalized spacial score (nSPS) is 20.8. The molecule has 0 aromatic carbocycles. The van der Waals surface area contributed by atoms with Gasteiger partial charge < -0.3 is 4.90 Å². The first-order valence-corrected chi connectivity index (χ1v) is 7.83. The van der Waals surface area contributed by atoms with E-state index in [2.05, 4.69) is 19.9 Å². The first kappa shape index (κ1) is 15.5. The molecule has 2 aromatic heterocycles. The molecule has 1 aliphatic heterocycles. The molecule has 0 aliphatic carbocycles. The lowest BCUT2D eigenvalue weighted by molar-refractivity contribution is 0.0601. The van der Waals surface area contributed by atoms with E-state index in [0.717, 1.165) is 30.1 Å². The number of hydrogen-bond donors (Lipinski definition) is 0. The van der Waals surface area contributed by atoms with Crippen LogP contribution < -0.4 is 0 Å². The van der Waals surface area contributed by atoms with Crippen LogP contribution in [0.5, 0.6) is 0 Å². The highest BCUT2D eigenvalue weighted by molar-refractivity contribution is 5.95. The molecule has 1 amide bonds. The average Bonchev–Trinajstić information content (AvgIpc) is 2.89. The molecule has 2 aromatic rings. The van der Waals surface area contributed by atoms with Crippen molar-refractivity contribution >= 4 is 5.91 Å². The van der Waals surface area contributed by atoms with Gasteiger partial charge in [0.2, 0.25) is 0 Å². The molecule has 1 fully saturated rings. The summed E-state index contributed by atoms with van der Waals surface area (Å²) >= 11 is 0. The van der Waals surface area contributed by atoms with Crippen molar-refractivity contribution < 1.29 is 4.79 Å². The maximum Gasteiger partial charge on any atom is 0.258 e. The zero-order chi connectivity index (χ0) is 16.6. The van der Waals surface area contributed by atoms with Crippen molar-refractivity contribution in [3.05, 3.63) is 47.1 Å². The van der Waals surface area contributed by atoms with Gasteiger partial charge >= 0.3 is 0 Å². The lowest BCUT2D eigenvalue weighted by atomic mass is 9.96. The van der Waals surface area contributed by atoms with E-state index in [-0.39, 0.29) is 5.91 Å². The van der Waals surface area contributed by atoms with Crippen molar-refractivity contribution in [1.82, 2.24) is 24.8 Å². The minimum absolute atomic E-state index is 0.0501. The quantitative estimate of drug-likeness (QED) is 0.851. The van der Waals surface area contributed by atoms with E-state index in [1.807, 2.05) is 38.7 Å². The Kier molecular flexibility index (Phi) is 3.83. The highest BCUT2D eigenvalue weighted by Crippen LogP contribution is 2.38. The third-order valence-electron chi connectivity index (χ3n) is 4.49. The summed E-state index contributed by atoms with van der Waals surface area (Å²) in [5, 5.41) is 0. The SMILES string of the molecule is Cc1cc(C)nc(C2(C)CCCN2C(=O)c2cncnc2C)n1. The number of carbonyl (C=O) groups is 1. The Morgan fingerprint density at radius 3 is 2.57 bits per heavy atom. The van der Waals surface area contributed by atoms with E-state index in [0.29, 0.717) is 17.8 Å². The maximum absolute atomic E-state index is 13.0. The summed E-state index contributed by atoms with van der Waals surface area (Å²) in [4.78, 5) is 32.2. The third-order valence-corrected chi connectivity index (χ3v) is 4.49. The molecule has 1 atom stereocenters. The molecule has 0 N–H and O–H groups in total. The van der Waals surface area contributed by atoms with Crippen molar-refractivity contribution in [3.8, 4) is 0 Å². The van der Waals surface area contributed by atoms with Crippen LogP contribution in [0.25, 0.3) is 0 Å². The summed E-state index contributed by atoms with van der Waals surface area (Å²) < 4.78 is 0. The molecule has 0 radical (unpaired) electrons. The highest BCUT2D eigenvalue weighted by Gasteiger charge is 2.44. The second kappa shape index (κ2) is 5.68. The molecule has 0 saturated carbocycles. The van der Waals surface area contributed by atoms with Crippen LogP contribution in [-0.2, 0) is 5.54 Å². The van der Waals surface area contributed by atoms with E-state index in [1.165, 1.54) is 6.33 Å². The van der Waals surface area contributed by atoms with Gasteiger partial charge in [-0.1, -0.05) is 0 Å². The second-order valence-electron chi connectivity index (χ2n) is 6.33. The minimum atomic E-state index is -0.490. The predicted molar refractivity (Wildman–Crippen MR) is 85.9 cm³/mol. The summed E-state index contributed by atoms with van der Waals surface area (Å²) in [5.41, 5.74) is 2.60. The van der Waals surface area contributed by atoms with Crippen molar-refractivity contribution in [2.45, 2.75) is 46.1 Å². The van der Waals surface area contributed by atoms with Gasteiger partial charge in [-0.25, -0.2) is 19.9 Å². The zero-order valence-electron chi connectivity index (χ0n) is 14.0. The Hall–Kier alpha value is -2.37. The molecule has 120 valence electrons. The molecule has 1 aliphatic rings. The van der Waals surface area contributed by atoms with Gasteiger partial charge in [0.15, 0.2) is 5.82 Å². The van der Waals surface area contributed by atoms with Crippen molar-refractivity contribution in [2.24, 2.45) is 0 Å². The van der Waals surface area contributed by atoms with Crippen molar-refractivity contribution in [1.29, 1.82) is 0 Å². The average molecular weight is 311 g/mol. The molecule has 0 bridgehead atoms. The molecule has 1 unspecified atom stereocenters. The Morgan fingerprint density at radius 1 is 1.22 bits per heavy atom. The summed E-state index contributed by atoms with van der Waals surface area (Å²) in [7, 11) is 0. The lowest BCUT2D eigenvalue weighted by Crippen LogP contribution is -2.44. The molecule has 23 heavy (non-hydrogen) atoms. The van der Waals surface area contributed by atoms with E-state index < -0.39 is 5.54 Å². The maximum atomic E-state index is 13.0. The first-order chi connectivity index (χ1) is 10.9. The number of amides is 1. The molecular weight excluding hydrogens is 290 g/mol. The van der Waals surface area contributed by atoms with Crippen LogP contribution in [0.1, 0.15) is 53.0 Å². The van der Waals surface area contributed by atoms with Gasteiger partial charge in [0.25, 0.3) is 5.91 Å². The standard InChI is InChI=1S/C17H21N5O/c1-11-8-12(2)21-16(20-11)17(4)6-5-7-22(17)15(23)14-9-18-10-19-13(14)3/h8-10H,5-7H2,1-4H3. The topological polar surface area (TPSA) is 71.9 Å². The molecule has 6 heteroatoms. The smallest absolute Gasteiger partial charge is 0.258 e. The van der Waals surface area contributed by atoms with E-state index >= 15 is 0 Å². The Labute approximate surface area is 136 Å². The van der Waals surface area contributed by atoms with Gasteiger partial charge in [0, 0.05) is 24.1 Å². The minimum Gasteiger partial charge on any atom is -0.326 e. The molecule has 0 spiro atoms. The number of likely N-dealkylation sites (tertiary alicyclic amines) is 1. The van der Waals surface area contributed by atoms with Crippen molar-refractivity contribution in [2.75, 3.05) is 6.54 Å². The van der Waals surface area contributed by atoms with E-state index in [9.17, 15) is 4.79 Å². The van der Waals surface area contributed by atoms with E-state index in [1.54, 1.807) is 6.20 Å². The van der Waals surface area contributed by atoms with Gasteiger partial charge in [-0.05, 0) is 46.6 Å². The summed E-state index contributed by atoms with van der Waals surface area (Å²) in [6.07, 6.45) is 4.84. The lowest BCUT2D eigenvalue weighted by Gasteiger charge is -2.34. The number of carbonyl (C=O) groups excluding carboxylic acids is 1. The van der Waals surface area contributed by atoms with Gasteiger partial charge in [0.1, 0.15) is 11.9 Å². The van der Waals surface area contributed by atoms with E-state index in [4.69, 9.17) is 0 Å². The van der Waals surface area contributed by atoms with Gasteiger partial charge in [-0.2, -0.15) is 0 Å². The fourth-order valence-corrected chi connectivity index (χ4v) is 3.23. The molecule has 3 heterocycles. The largest absolute Gasteiger partial charge is 0.326 e. The highest BCUT2D eigenvalue weighted by atomic mass is 16.2. The third kappa shape index (κ3) is 2.69. The van der Waals surface area contributed by atoms with Gasteiger partial charge in [-0.15, -0.1) is 0 Å². The number of rotatable bonds is 2. The van der Waals surface area contributed by atoms with Gasteiger partial charge in [-0.3, -0.25) is 4.79 Å². The fourth-order valence-electron chi connectivity index (χ4n) is 3.23. The molecule has 3 rings (SSSR count). The number of hydrogen-bond acceptors (Lipinski definition) is 5. The number of aryl methyl sites for hydroxylation is 3. The van der Waals surface area contributed by atoms with Crippen LogP contribution in [-0.4, -0.2) is 37.3 Å². The van der Waals surface area contributed by atoms with Crippen LogP contribution >= 0.6 is 0 Å².